The lowest BCUT2D eigenvalue weighted by molar-refractivity contribution is 0.0831. The summed E-state index contributed by atoms with van der Waals surface area (Å²) in [5, 5.41) is 3.07. The van der Waals surface area contributed by atoms with Gasteiger partial charge in [0, 0.05) is 30.8 Å². The molecule has 0 aromatic heterocycles. The number of halogens is 3. The molecule has 0 spiro atoms. The highest BCUT2D eigenvalue weighted by Gasteiger charge is 2.22. The van der Waals surface area contributed by atoms with Crippen LogP contribution in [-0.2, 0) is 11.3 Å². The van der Waals surface area contributed by atoms with Crippen LogP contribution in [0, 0.1) is 17.5 Å². The van der Waals surface area contributed by atoms with Crippen LogP contribution in [0.25, 0.3) is 0 Å². The van der Waals surface area contributed by atoms with Gasteiger partial charge in [0.15, 0.2) is 11.6 Å². The molecule has 1 aromatic rings. The molecule has 100 valence electrons. The van der Waals surface area contributed by atoms with Gasteiger partial charge in [-0.25, -0.2) is 13.2 Å². The van der Waals surface area contributed by atoms with Crippen molar-refractivity contribution in [2.24, 2.45) is 0 Å². The smallest absolute Gasteiger partial charge is 0.161 e. The Bertz CT molecular complexity index is 419. The Morgan fingerprint density at radius 2 is 2.00 bits per heavy atom. The maximum Gasteiger partial charge on any atom is 0.161 e. The molecule has 0 aliphatic carbocycles. The number of ether oxygens (including phenoxy) is 1. The summed E-state index contributed by atoms with van der Waals surface area (Å²) in [6.07, 6.45) is 2.10. The molecule has 5 heteroatoms. The summed E-state index contributed by atoms with van der Waals surface area (Å²) in [5.41, 5.74) is 0.124. The molecular formula is C13H16F3NO. The largest absolute Gasteiger partial charge is 0.377 e. The second kappa shape index (κ2) is 5.71. The van der Waals surface area contributed by atoms with Crippen LogP contribution >= 0.6 is 0 Å². The molecule has 2 rings (SSSR count). The summed E-state index contributed by atoms with van der Waals surface area (Å²) >= 11 is 0. The van der Waals surface area contributed by atoms with Gasteiger partial charge < -0.3 is 10.1 Å². The zero-order valence-corrected chi connectivity index (χ0v) is 10.2. The van der Waals surface area contributed by atoms with Gasteiger partial charge >= 0.3 is 0 Å². The molecule has 0 radical (unpaired) electrons. The molecule has 1 fully saturated rings. The lowest BCUT2D eigenvalue weighted by Crippen LogP contribution is -2.36. The van der Waals surface area contributed by atoms with Crippen LogP contribution in [-0.4, -0.2) is 18.8 Å². The summed E-state index contributed by atoms with van der Waals surface area (Å²) in [4.78, 5) is 0. The van der Waals surface area contributed by atoms with Crippen molar-refractivity contribution < 1.29 is 17.9 Å². The van der Waals surface area contributed by atoms with E-state index in [1.807, 2.05) is 6.92 Å². The molecule has 0 saturated carbocycles. The zero-order chi connectivity index (χ0) is 13.1. The maximum absolute atomic E-state index is 13.4. The third kappa shape index (κ3) is 3.03. The van der Waals surface area contributed by atoms with Gasteiger partial charge in [-0.1, -0.05) is 0 Å². The fraction of sp³-hybridized carbons (Fsp3) is 0.538. The molecule has 0 amide bonds. The van der Waals surface area contributed by atoms with E-state index < -0.39 is 17.5 Å². The molecule has 1 aliphatic heterocycles. The highest BCUT2D eigenvalue weighted by atomic mass is 19.2. The van der Waals surface area contributed by atoms with E-state index in [4.69, 9.17) is 4.74 Å². The number of hydrogen-bond acceptors (Lipinski definition) is 2. The second-order valence-electron chi connectivity index (χ2n) is 4.58. The van der Waals surface area contributed by atoms with Crippen molar-refractivity contribution in [3.63, 3.8) is 0 Å². The molecule has 1 aromatic carbocycles. The molecule has 2 atom stereocenters. The number of rotatable bonds is 4. The van der Waals surface area contributed by atoms with Crippen LogP contribution in [0.4, 0.5) is 13.2 Å². The van der Waals surface area contributed by atoms with Crippen molar-refractivity contribution >= 4 is 0 Å². The van der Waals surface area contributed by atoms with Gasteiger partial charge in [-0.15, -0.1) is 0 Å². The van der Waals surface area contributed by atoms with E-state index in [9.17, 15) is 13.2 Å². The lowest BCUT2D eigenvalue weighted by Gasteiger charge is -2.20. The maximum atomic E-state index is 13.4. The van der Waals surface area contributed by atoms with E-state index in [0.717, 1.165) is 25.5 Å². The Labute approximate surface area is 104 Å². The molecule has 1 aliphatic rings. The Balaban J connectivity index is 1.95. The number of nitrogens with one attached hydrogen (secondary N) is 1. The standard InChI is InChI=1S/C13H16F3NO/c1-8(13-3-2-4-18-13)17-7-9-5-11(15)12(16)6-10(9)14/h5-6,8,13,17H,2-4,7H2,1H3. The van der Waals surface area contributed by atoms with Crippen LogP contribution < -0.4 is 5.32 Å². The van der Waals surface area contributed by atoms with E-state index >= 15 is 0 Å². The molecule has 2 unspecified atom stereocenters. The fourth-order valence-corrected chi connectivity index (χ4v) is 2.10. The van der Waals surface area contributed by atoms with Crippen molar-refractivity contribution in [2.45, 2.75) is 38.5 Å². The quantitative estimate of drug-likeness (QED) is 0.839. The first-order chi connectivity index (χ1) is 8.58. The van der Waals surface area contributed by atoms with Gasteiger partial charge in [-0.3, -0.25) is 0 Å². The van der Waals surface area contributed by atoms with Crippen LogP contribution in [0.1, 0.15) is 25.3 Å². The fourth-order valence-electron chi connectivity index (χ4n) is 2.10. The minimum absolute atomic E-state index is 0.0556. The zero-order valence-electron chi connectivity index (χ0n) is 10.2. The lowest BCUT2D eigenvalue weighted by atomic mass is 10.1. The predicted molar refractivity (Wildman–Crippen MR) is 61.6 cm³/mol. The monoisotopic (exact) mass is 259 g/mol. The van der Waals surface area contributed by atoms with Crippen molar-refractivity contribution in [1.29, 1.82) is 0 Å². The predicted octanol–water partition coefficient (Wildman–Crippen LogP) is 2.76. The SMILES string of the molecule is CC(NCc1cc(F)c(F)cc1F)C1CCCO1. The third-order valence-corrected chi connectivity index (χ3v) is 3.23. The Kier molecular flexibility index (Phi) is 4.24. The van der Waals surface area contributed by atoms with Crippen LogP contribution in [0.15, 0.2) is 12.1 Å². The first-order valence-corrected chi connectivity index (χ1v) is 6.06. The highest BCUT2D eigenvalue weighted by Crippen LogP contribution is 2.17. The van der Waals surface area contributed by atoms with Crippen molar-refractivity contribution in [2.75, 3.05) is 6.61 Å². The highest BCUT2D eigenvalue weighted by molar-refractivity contribution is 5.20. The minimum Gasteiger partial charge on any atom is -0.377 e. The Hall–Kier alpha value is -1.07. The first kappa shape index (κ1) is 13.4. The molecule has 1 N–H and O–H groups in total. The Morgan fingerprint density at radius 3 is 2.67 bits per heavy atom. The second-order valence-corrected chi connectivity index (χ2v) is 4.58. The molecule has 1 heterocycles. The van der Waals surface area contributed by atoms with E-state index in [0.29, 0.717) is 6.07 Å². The van der Waals surface area contributed by atoms with E-state index in [-0.39, 0.29) is 24.3 Å². The number of hydrogen-bond donors (Lipinski definition) is 1. The molecule has 18 heavy (non-hydrogen) atoms. The molecular weight excluding hydrogens is 243 g/mol. The average molecular weight is 259 g/mol. The van der Waals surface area contributed by atoms with Gasteiger partial charge in [-0.2, -0.15) is 0 Å². The molecule has 0 bridgehead atoms. The van der Waals surface area contributed by atoms with E-state index in [1.165, 1.54) is 0 Å². The summed E-state index contributed by atoms with van der Waals surface area (Å²) in [6.45, 7) is 2.84. The average Bonchev–Trinajstić information content (AvgIpc) is 2.85. The topological polar surface area (TPSA) is 21.3 Å². The summed E-state index contributed by atoms with van der Waals surface area (Å²) in [6, 6.07) is 1.52. The van der Waals surface area contributed by atoms with Gasteiger partial charge in [0.1, 0.15) is 5.82 Å². The minimum atomic E-state index is -1.16. The normalized spacial score (nSPS) is 21.2. The van der Waals surface area contributed by atoms with Crippen molar-refractivity contribution in [1.82, 2.24) is 5.32 Å². The Morgan fingerprint density at radius 1 is 1.28 bits per heavy atom. The van der Waals surface area contributed by atoms with Gasteiger partial charge in [0.05, 0.1) is 6.10 Å². The van der Waals surface area contributed by atoms with Gasteiger partial charge in [-0.05, 0) is 25.8 Å². The van der Waals surface area contributed by atoms with Gasteiger partial charge in [0.25, 0.3) is 0 Å². The summed E-state index contributed by atoms with van der Waals surface area (Å²) < 4.78 is 44.6. The summed E-state index contributed by atoms with van der Waals surface area (Å²) in [7, 11) is 0. The third-order valence-electron chi connectivity index (χ3n) is 3.23. The number of benzene rings is 1. The summed E-state index contributed by atoms with van der Waals surface area (Å²) in [5.74, 6) is -2.93. The van der Waals surface area contributed by atoms with E-state index in [2.05, 4.69) is 5.32 Å². The van der Waals surface area contributed by atoms with Crippen LogP contribution in [0.2, 0.25) is 0 Å². The molecule has 1 saturated heterocycles. The van der Waals surface area contributed by atoms with E-state index in [1.54, 1.807) is 0 Å². The molecule has 2 nitrogen and oxygen atoms in total. The first-order valence-electron chi connectivity index (χ1n) is 6.06. The van der Waals surface area contributed by atoms with Gasteiger partial charge in [0.2, 0.25) is 0 Å². The van der Waals surface area contributed by atoms with Crippen LogP contribution in [0.5, 0.6) is 0 Å². The van der Waals surface area contributed by atoms with Crippen molar-refractivity contribution in [3.05, 3.63) is 35.1 Å². The van der Waals surface area contributed by atoms with Crippen molar-refractivity contribution in [3.8, 4) is 0 Å². The van der Waals surface area contributed by atoms with Crippen LogP contribution in [0.3, 0.4) is 0 Å².